The van der Waals surface area contributed by atoms with Crippen LogP contribution in [0.25, 0.3) is 0 Å². The lowest BCUT2D eigenvalue weighted by molar-refractivity contribution is -0.143. The van der Waals surface area contributed by atoms with E-state index in [2.05, 4.69) is 21.4 Å². The van der Waals surface area contributed by atoms with E-state index >= 15 is 0 Å². The van der Waals surface area contributed by atoms with Crippen LogP contribution in [0.5, 0.6) is 0 Å². The van der Waals surface area contributed by atoms with Crippen LogP contribution in [0.2, 0.25) is 0 Å². The summed E-state index contributed by atoms with van der Waals surface area (Å²) in [5.41, 5.74) is 6.25. The lowest BCUT2D eigenvalue weighted by atomic mass is 9.84. The smallest absolute Gasteiger partial charge is 0.368 e. The molecule has 1 unspecified atom stereocenters. The van der Waals surface area contributed by atoms with Gasteiger partial charge in [0.05, 0.1) is 16.7 Å². The Kier molecular flexibility index (Phi) is 10.8. The van der Waals surface area contributed by atoms with Crippen LogP contribution >= 0.6 is 0 Å². The Bertz CT molecular complexity index is 1450. The summed E-state index contributed by atoms with van der Waals surface area (Å²) in [6.45, 7) is 3.99. The predicted octanol–water partition coefficient (Wildman–Crippen LogP) is 5.35. The number of amides is 1. The maximum Gasteiger partial charge on any atom is 0.416 e. The number of nitrogens with two attached hydrogens (primary N) is 1. The Morgan fingerprint density at radius 3 is 1.98 bits per heavy atom. The van der Waals surface area contributed by atoms with Crippen LogP contribution in [0.1, 0.15) is 72.5 Å². The van der Waals surface area contributed by atoms with Crippen LogP contribution < -0.4 is 22.0 Å². The summed E-state index contributed by atoms with van der Waals surface area (Å²) >= 11 is 0. The van der Waals surface area contributed by atoms with Crippen molar-refractivity contribution in [3.8, 4) is 0 Å². The van der Waals surface area contributed by atoms with Gasteiger partial charge >= 0.3 is 18.5 Å². The van der Waals surface area contributed by atoms with Crippen molar-refractivity contribution in [3.63, 3.8) is 0 Å². The van der Waals surface area contributed by atoms with Crippen molar-refractivity contribution >= 4 is 11.9 Å². The van der Waals surface area contributed by atoms with Crippen molar-refractivity contribution < 1.29 is 44.3 Å². The molecule has 0 aromatic heterocycles. The minimum Gasteiger partial charge on any atom is -0.368 e. The van der Waals surface area contributed by atoms with E-state index in [1.54, 1.807) is 0 Å². The number of rotatable bonds is 10. The number of nitrogens with zero attached hydrogens (tertiary/aromatic N) is 4. The molecule has 2 aromatic carbocycles. The van der Waals surface area contributed by atoms with Crippen molar-refractivity contribution in [2.24, 2.45) is 10.8 Å². The summed E-state index contributed by atoms with van der Waals surface area (Å²) in [6, 6.07) is 3.91. The molecule has 0 radical (unpaired) electrons. The first-order valence-electron chi connectivity index (χ1n) is 15.1. The van der Waals surface area contributed by atoms with E-state index in [1.165, 1.54) is 23.1 Å². The Labute approximate surface area is 271 Å². The Morgan fingerprint density at radius 1 is 0.938 bits per heavy atom. The first-order chi connectivity index (χ1) is 22.3. The fourth-order valence-electron chi connectivity index (χ4n) is 6.19. The molecule has 5 N–H and O–H groups in total. The Hall–Kier alpha value is -3.77. The van der Waals surface area contributed by atoms with Gasteiger partial charge in [-0.3, -0.25) is 15.1 Å². The number of piperidine rings is 1. The fourth-order valence-corrected chi connectivity index (χ4v) is 6.19. The number of hydrazine groups is 2. The number of hydrogen-bond acceptors (Lipinski definition) is 8. The number of halogens is 9. The molecule has 0 spiro atoms. The molecule has 4 rings (SSSR count). The van der Waals surface area contributed by atoms with Gasteiger partial charge in [-0.15, -0.1) is 10.2 Å². The maximum absolute atomic E-state index is 14.0. The molecule has 1 fully saturated rings. The molecule has 0 bridgehead atoms. The first-order valence-corrected chi connectivity index (χ1v) is 15.1. The van der Waals surface area contributed by atoms with E-state index in [9.17, 15) is 44.3 Å². The molecular weight excluding hydrogens is 659 g/mol. The second-order valence-electron chi connectivity index (χ2n) is 11.8. The molecule has 0 saturated carbocycles. The zero-order chi connectivity index (χ0) is 35.7. The first kappa shape index (κ1) is 37.1. The highest BCUT2D eigenvalue weighted by atomic mass is 19.4. The monoisotopic (exact) mass is 696 g/mol. The Morgan fingerprint density at radius 2 is 1.52 bits per heavy atom. The average Bonchev–Trinajstić information content (AvgIpc) is 3.43. The number of alkyl halides is 9. The number of likely N-dealkylation sites (N-methyl/N-ethyl adjacent to an activating group) is 1. The molecule has 1 saturated heterocycles. The zero-order valence-corrected chi connectivity index (χ0v) is 26.4. The van der Waals surface area contributed by atoms with Gasteiger partial charge in [-0.25, -0.2) is 5.53 Å². The summed E-state index contributed by atoms with van der Waals surface area (Å²) in [7, 11) is 1.49. The van der Waals surface area contributed by atoms with Crippen molar-refractivity contribution in [1.82, 2.24) is 31.2 Å². The summed E-state index contributed by atoms with van der Waals surface area (Å²) < 4.78 is 124. The normalized spacial score (nSPS) is 18.2. The number of primary amides is 1. The van der Waals surface area contributed by atoms with Crippen molar-refractivity contribution in [2.75, 3.05) is 26.7 Å². The lowest BCUT2D eigenvalue weighted by Crippen LogP contribution is -2.61. The molecule has 266 valence electrons. The summed E-state index contributed by atoms with van der Waals surface area (Å²) in [6.07, 6.45) is -13.8. The third kappa shape index (κ3) is 8.44. The van der Waals surface area contributed by atoms with Gasteiger partial charge in [0.1, 0.15) is 5.54 Å². The molecule has 48 heavy (non-hydrogen) atoms. The van der Waals surface area contributed by atoms with E-state index < -0.39 is 59.3 Å². The molecule has 9 nitrogen and oxygen atoms in total. The van der Waals surface area contributed by atoms with Crippen molar-refractivity contribution in [3.05, 3.63) is 69.8 Å². The van der Waals surface area contributed by atoms with Crippen molar-refractivity contribution in [1.29, 1.82) is 0 Å². The molecule has 2 aliphatic heterocycles. The van der Waals surface area contributed by atoms with Gasteiger partial charge in [0.15, 0.2) is 0 Å². The molecular formula is C30H37F9N8O. The van der Waals surface area contributed by atoms with Gasteiger partial charge in [0.2, 0.25) is 11.9 Å². The minimum atomic E-state index is -5.10. The van der Waals surface area contributed by atoms with E-state index in [0.29, 0.717) is 56.6 Å². The largest absolute Gasteiger partial charge is 0.416 e. The van der Waals surface area contributed by atoms with E-state index in [1.807, 2.05) is 18.7 Å². The number of guanidine groups is 1. The van der Waals surface area contributed by atoms with Crippen LogP contribution in [0.4, 0.5) is 39.5 Å². The Balaban J connectivity index is 1.76. The second kappa shape index (κ2) is 14.0. The topological polar surface area (TPSA) is 101 Å². The van der Waals surface area contributed by atoms with Crippen LogP contribution in [0.3, 0.4) is 0 Å². The van der Waals surface area contributed by atoms with Crippen molar-refractivity contribution in [2.45, 2.75) is 76.3 Å². The molecule has 18 heteroatoms. The summed E-state index contributed by atoms with van der Waals surface area (Å²) in [5, 5.41) is 8.44. The fraction of sp³-hybridized carbons (Fsp3) is 0.533. The van der Waals surface area contributed by atoms with Gasteiger partial charge in [-0.05, 0) is 72.8 Å². The van der Waals surface area contributed by atoms with Crippen LogP contribution in [0, 0.1) is 0 Å². The lowest BCUT2D eigenvalue weighted by Gasteiger charge is -2.43. The van der Waals surface area contributed by atoms with Crippen LogP contribution in [-0.4, -0.2) is 59.0 Å². The SMILES string of the molecule is CCNC1(C(N)=O)CCN(C(CC)c2ccc(C(F)(F)F)cc2CN(Cc2cc(C(F)(F)F)cc(C(F)(F)F)c2)C2=NNN(C)N2)CC1. The van der Waals surface area contributed by atoms with Gasteiger partial charge < -0.3 is 16.0 Å². The van der Waals surface area contributed by atoms with Gasteiger partial charge in [0.25, 0.3) is 0 Å². The molecule has 1 amide bonds. The molecule has 2 aromatic rings. The third-order valence-corrected chi connectivity index (χ3v) is 8.55. The summed E-state index contributed by atoms with van der Waals surface area (Å²) in [5.74, 6) is -0.552. The standard InChI is InChI=1S/C30H37F9N8O/c1-4-24(46-10-8-27(9-11-46,25(40)48)41-5-2)23-7-6-20(28(31,32)33)14-19(23)17-47(26-42-44-45(3)43-26)16-18-12-21(29(34,35)36)15-22(13-18)30(37,38)39/h6-7,12-15,24,41,44H,4-5,8-11,16-17H2,1-3H3,(H2,40,48)(H,42,43). The molecule has 2 heterocycles. The highest BCUT2D eigenvalue weighted by Gasteiger charge is 2.41. The van der Waals surface area contributed by atoms with Gasteiger partial charge in [0, 0.05) is 39.3 Å². The quantitative estimate of drug-likeness (QED) is 0.249. The van der Waals surface area contributed by atoms with E-state index in [-0.39, 0.29) is 29.7 Å². The molecule has 1 atom stereocenters. The van der Waals surface area contributed by atoms with Crippen LogP contribution in [0.15, 0.2) is 41.5 Å². The number of hydrogen-bond donors (Lipinski definition) is 4. The predicted molar refractivity (Wildman–Crippen MR) is 158 cm³/mol. The third-order valence-electron chi connectivity index (χ3n) is 8.55. The second-order valence-corrected chi connectivity index (χ2v) is 11.8. The minimum absolute atomic E-state index is 0.00677. The number of carbonyl (C=O) groups is 1. The maximum atomic E-state index is 14.0. The number of benzene rings is 2. The highest BCUT2D eigenvalue weighted by molar-refractivity contribution is 5.84. The number of hydrazone groups is 1. The van der Waals surface area contributed by atoms with Gasteiger partial charge in [-0.2, -0.15) is 39.5 Å². The summed E-state index contributed by atoms with van der Waals surface area (Å²) in [4.78, 5) is 15.6. The zero-order valence-electron chi connectivity index (χ0n) is 26.4. The van der Waals surface area contributed by atoms with Crippen LogP contribution in [-0.2, 0) is 36.4 Å². The van der Waals surface area contributed by atoms with E-state index in [0.717, 1.165) is 12.1 Å². The van der Waals surface area contributed by atoms with Gasteiger partial charge in [-0.1, -0.05) is 19.9 Å². The average molecular weight is 697 g/mol. The molecule has 0 aliphatic carbocycles. The number of carbonyl (C=O) groups excluding carboxylic acids is 1. The highest BCUT2D eigenvalue weighted by Crippen LogP contribution is 2.39. The molecule has 2 aliphatic rings. The number of likely N-dealkylation sites (tertiary alicyclic amines) is 1. The van der Waals surface area contributed by atoms with E-state index in [4.69, 9.17) is 5.73 Å². The number of nitrogens with one attached hydrogen (secondary N) is 3.